The zero-order chi connectivity index (χ0) is 17.0. The van der Waals surface area contributed by atoms with Crippen molar-refractivity contribution in [2.45, 2.75) is 20.0 Å². The van der Waals surface area contributed by atoms with Gasteiger partial charge in [-0.1, -0.05) is 17.7 Å². The van der Waals surface area contributed by atoms with Crippen molar-refractivity contribution in [3.05, 3.63) is 58.6 Å². The Kier molecular flexibility index (Phi) is 5.24. The summed E-state index contributed by atoms with van der Waals surface area (Å²) in [5, 5.41) is 3.32. The third kappa shape index (κ3) is 4.47. The number of nitrogens with two attached hydrogens (primary N) is 1. The maximum atomic E-state index is 12.2. The Labute approximate surface area is 139 Å². The quantitative estimate of drug-likeness (QED) is 0.882. The lowest BCUT2D eigenvalue weighted by atomic mass is 10.2. The number of hydrogen-bond acceptors (Lipinski definition) is 3. The van der Waals surface area contributed by atoms with Gasteiger partial charge >= 0.3 is 0 Å². The van der Waals surface area contributed by atoms with Crippen LogP contribution in [0.4, 0.5) is 5.69 Å². The van der Waals surface area contributed by atoms with E-state index in [1.54, 1.807) is 43.3 Å². The van der Waals surface area contributed by atoms with Crippen LogP contribution in [0.2, 0.25) is 5.02 Å². The Hall–Kier alpha value is -2.53. The summed E-state index contributed by atoms with van der Waals surface area (Å²) in [5.74, 6) is -0.332. The average molecular weight is 333 g/mol. The van der Waals surface area contributed by atoms with E-state index in [9.17, 15) is 9.59 Å². The molecule has 0 spiro atoms. The first-order chi connectivity index (χ1) is 10.9. The molecule has 2 amide bonds. The van der Waals surface area contributed by atoms with Gasteiger partial charge in [0.1, 0.15) is 5.75 Å². The topological polar surface area (TPSA) is 81.4 Å². The number of halogens is 1. The lowest BCUT2D eigenvalue weighted by Crippen LogP contribution is -2.30. The van der Waals surface area contributed by atoms with Crippen LogP contribution in [0.1, 0.15) is 22.8 Å². The molecule has 5 nitrogen and oxygen atoms in total. The van der Waals surface area contributed by atoms with E-state index in [1.807, 2.05) is 6.92 Å². The maximum Gasteiger partial charge on any atom is 0.265 e. The molecular formula is C17H17ClN2O3. The summed E-state index contributed by atoms with van der Waals surface area (Å²) in [5.41, 5.74) is 6.89. The number of benzene rings is 2. The number of amides is 2. The molecule has 0 bridgehead atoms. The third-order valence-corrected chi connectivity index (χ3v) is 3.65. The van der Waals surface area contributed by atoms with Crippen molar-refractivity contribution >= 4 is 29.1 Å². The summed E-state index contributed by atoms with van der Waals surface area (Å²) in [4.78, 5) is 23.3. The van der Waals surface area contributed by atoms with Gasteiger partial charge in [-0.15, -0.1) is 0 Å². The van der Waals surface area contributed by atoms with E-state index < -0.39 is 12.0 Å². The van der Waals surface area contributed by atoms with Crippen molar-refractivity contribution in [1.82, 2.24) is 0 Å². The predicted molar refractivity (Wildman–Crippen MR) is 89.9 cm³/mol. The number of rotatable bonds is 5. The second kappa shape index (κ2) is 7.15. The SMILES string of the molecule is Cc1cc(O[C@@H](C)C(=O)Nc2cccc(C(N)=O)c2)ccc1Cl. The molecule has 2 aromatic rings. The molecular weight excluding hydrogens is 316 g/mol. The van der Waals surface area contributed by atoms with Gasteiger partial charge in [0.25, 0.3) is 5.91 Å². The van der Waals surface area contributed by atoms with Gasteiger partial charge in [-0.05, 0) is 55.8 Å². The lowest BCUT2D eigenvalue weighted by Gasteiger charge is -2.15. The van der Waals surface area contributed by atoms with Crippen LogP contribution >= 0.6 is 11.6 Å². The molecule has 0 aliphatic heterocycles. The van der Waals surface area contributed by atoms with Gasteiger partial charge in [-0.2, -0.15) is 0 Å². The summed E-state index contributed by atoms with van der Waals surface area (Å²) in [6, 6.07) is 11.6. The standard InChI is InChI=1S/C17H17ClN2O3/c1-10-8-14(6-7-15(10)18)23-11(2)17(22)20-13-5-3-4-12(9-13)16(19)21/h3-9,11H,1-2H3,(H2,19,21)(H,20,22)/t11-/m0/s1. The van der Waals surface area contributed by atoms with Crippen molar-refractivity contribution in [3.63, 3.8) is 0 Å². The first kappa shape index (κ1) is 16.8. The lowest BCUT2D eigenvalue weighted by molar-refractivity contribution is -0.122. The number of aryl methyl sites for hydroxylation is 1. The normalized spacial score (nSPS) is 11.6. The molecule has 0 unspecified atom stereocenters. The second-order valence-electron chi connectivity index (χ2n) is 5.11. The first-order valence-corrected chi connectivity index (χ1v) is 7.38. The molecule has 2 aromatic carbocycles. The van der Waals surface area contributed by atoms with Crippen LogP contribution in [-0.2, 0) is 4.79 Å². The molecule has 23 heavy (non-hydrogen) atoms. The van der Waals surface area contributed by atoms with E-state index in [4.69, 9.17) is 22.1 Å². The zero-order valence-electron chi connectivity index (χ0n) is 12.8. The van der Waals surface area contributed by atoms with Gasteiger partial charge in [0.05, 0.1) is 0 Å². The Morgan fingerprint density at radius 2 is 1.96 bits per heavy atom. The van der Waals surface area contributed by atoms with Crippen LogP contribution in [0, 0.1) is 6.92 Å². The molecule has 0 saturated carbocycles. The van der Waals surface area contributed by atoms with Crippen LogP contribution in [0.5, 0.6) is 5.75 Å². The number of nitrogens with one attached hydrogen (secondary N) is 1. The minimum absolute atomic E-state index is 0.324. The van der Waals surface area contributed by atoms with Crippen LogP contribution < -0.4 is 15.8 Å². The fourth-order valence-electron chi connectivity index (χ4n) is 1.94. The Balaban J connectivity index is 2.03. The van der Waals surface area contributed by atoms with Crippen LogP contribution in [0.15, 0.2) is 42.5 Å². The van der Waals surface area contributed by atoms with E-state index in [1.165, 1.54) is 6.07 Å². The van der Waals surface area contributed by atoms with E-state index in [-0.39, 0.29) is 5.91 Å². The van der Waals surface area contributed by atoms with E-state index in [0.29, 0.717) is 22.0 Å². The minimum atomic E-state index is -0.715. The molecule has 2 rings (SSSR count). The van der Waals surface area contributed by atoms with Crippen LogP contribution in [-0.4, -0.2) is 17.9 Å². The van der Waals surface area contributed by atoms with E-state index in [2.05, 4.69) is 5.32 Å². The zero-order valence-corrected chi connectivity index (χ0v) is 13.6. The maximum absolute atomic E-state index is 12.2. The number of primary amides is 1. The molecule has 0 aliphatic carbocycles. The minimum Gasteiger partial charge on any atom is -0.481 e. The number of carbonyl (C=O) groups is 2. The first-order valence-electron chi connectivity index (χ1n) is 7.00. The summed E-state index contributed by atoms with van der Waals surface area (Å²) >= 11 is 5.95. The van der Waals surface area contributed by atoms with Crippen LogP contribution in [0.25, 0.3) is 0 Å². The highest BCUT2D eigenvalue weighted by atomic mass is 35.5. The van der Waals surface area contributed by atoms with Crippen molar-refractivity contribution in [2.75, 3.05) is 5.32 Å². The molecule has 0 saturated heterocycles. The third-order valence-electron chi connectivity index (χ3n) is 3.23. The molecule has 1 atom stereocenters. The summed E-state index contributed by atoms with van der Waals surface area (Å²) < 4.78 is 5.60. The summed E-state index contributed by atoms with van der Waals surface area (Å²) in [6.07, 6.45) is -0.715. The summed E-state index contributed by atoms with van der Waals surface area (Å²) in [6.45, 7) is 3.49. The Bertz CT molecular complexity index is 746. The second-order valence-corrected chi connectivity index (χ2v) is 5.51. The largest absolute Gasteiger partial charge is 0.481 e. The molecule has 0 fully saturated rings. The van der Waals surface area contributed by atoms with E-state index in [0.717, 1.165) is 5.56 Å². The molecule has 120 valence electrons. The van der Waals surface area contributed by atoms with Crippen molar-refractivity contribution in [3.8, 4) is 5.75 Å². The highest BCUT2D eigenvalue weighted by Gasteiger charge is 2.15. The van der Waals surface area contributed by atoms with Gasteiger partial charge < -0.3 is 15.8 Å². The summed E-state index contributed by atoms with van der Waals surface area (Å²) in [7, 11) is 0. The predicted octanol–water partition coefficient (Wildman–Crippen LogP) is 3.15. The molecule has 0 aliphatic rings. The molecule has 6 heteroatoms. The Morgan fingerprint density at radius 3 is 2.61 bits per heavy atom. The van der Waals surface area contributed by atoms with E-state index >= 15 is 0 Å². The van der Waals surface area contributed by atoms with Crippen molar-refractivity contribution < 1.29 is 14.3 Å². The smallest absolute Gasteiger partial charge is 0.265 e. The van der Waals surface area contributed by atoms with Crippen molar-refractivity contribution in [2.24, 2.45) is 5.73 Å². The number of carbonyl (C=O) groups excluding carboxylic acids is 2. The molecule has 0 heterocycles. The van der Waals surface area contributed by atoms with Crippen molar-refractivity contribution in [1.29, 1.82) is 0 Å². The highest BCUT2D eigenvalue weighted by molar-refractivity contribution is 6.31. The van der Waals surface area contributed by atoms with Gasteiger partial charge in [0, 0.05) is 16.3 Å². The monoisotopic (exact) mass is 332 g/mol. The fraction of sp³-hybridized carbons (Fsp3) is 0.176. The van der Waals surface area contributed by atoms with Crippen LogP contribution in [0.3, 0.4) is 0 Å². The highest BCUT2D eigenvalue weighted by Crippen LogP contribution is 2.22. The number of anilines is 1. The number of hydrogen-bond donors (Lipinski definition) is 2. The van der Waals surface area contributed by atoms with Gasteiger partial charge in [0.15, 0.2) is 6.10 Å². The molecule has 0 radical (unpaired) electrons. The van der Waals surface area contributed by atoms with Gasteiger partial charge in [-0.3, -0.25) is 9.59 Å². The van der Waals surface area contributed by atoms with Gasteiger partial charge in [-0.25, -0.2) is 0 Å². The molecule has 0 aromatic heterocycles. The van der Waals surface area contributed by atoms with Gasteiger partial charge in [0.2, 0.25) is 5.91 Å². The Morgan fingerprint density at radius 1 is 1.22 bits per heavy atom. The number of ether oxygens (including phenoxy) is 1. The average Bonchev–Trinajstić information content (AvgIpc) is 2.51. The fourth-order valence-corrected chi connectivity index (χ4v) is 2.06. The molecule has 3 N–H and O–H groups in total.